The van der Waals surface area contributed by atoms with Gasteiger partial charge in [0.1, 0.15) is 13.2 Å². The second-order valence-corrected chi connectivity index (χ2v) is 13.3. The van der Waals surface area contributed by atoms with Gasteiger partial charge in [0.05, 0.1) is 39.9 Å². The average molecular weight is 590 g/mol. The second-order valence-electron chi connectivity index (χ2n) is 11.8. The number of allylic oxidation sites excluding steroid dienone is 3. The number of aliphatic hydroxyl groups excluding tert-OH is 1. The molecule has 8 nitrogen and oxygen atoms in total. The molecule has 0 bridgehead atoms. The lowest BCUT2D eigenvalue weighted by Gasteiger charge is -2.25. The summed E-state index contributed by atoms with van der Waals surface area (Å²) in [4.78, 5) is 22.7. The molecule has 0 radical (unpaired) electrons. The van der Waals surface area contributed by atoms with Gasteiger partial charge in [0.2, 0.25) is 5.91 Å². The number of nitrogens with one attached hydrogen (secondary N) is 1. The van der Waals surface area contributed by atoms with Crippen LogP contribution in [0, 0.1) is 0 Å². The molecule has 0 saturated carbocycles. The van der Waals surface area contributed by atoms with E-state index in [-0.39, 0.29) is 19.1 Å². The highest BCUT2D eigenvalue weighted by atomic mass is 31.2. The van der Waals surface area contributed by atoms with Gasteiger partial charge in [-0.1, -0.05) is 95.9 Å². The average Bonchev–Trinajstić information content (AvgIpc) is 2.88. The summed E-state index contributed by atoms with van der Waals surface area (Å²) < 4.78 is 23.2. The third-order valence-electron chi connectivity index (χ3n) is 6.67. The first-order valence-electron chi connectivity index (χ1n) is 15.7. The van der Waals surface area contributed by atoms with Crippen LogP contribution in [0.1, 0.15) is 117 Å². The number of hydrogen-bond donors (Lipinski definition) is 3. The van der Waals surface area contributed by atoms with E-state index in [2.05, 4.69) is 31.3 Å². The minimum absolute atomic E-state index is 0.0595. The summed E-state index contributed by atoms with van der Waals surface area (Å²) in [5.74, 6) is -0.196. The van der Waals surface area contributed by atoms with Gasteiger partial charge in [0, 0.05) is 6.42 Å². The van der Waals surface area contributed by atoms with E-state index < -0.39 is 20.0 Å². The Morgan fingerprint density at radius 1 is 0.825 bits per heavy atom. The predicted molar refractivity (Wildman–Crippen MR) is 166 cm³/mol. The van der Waals surface area contributed by atoms with E-state index in [1.807, 2.05) is 27.2 Å². The van der Waals surface area contributed by atoms with E-state index in [4.69, 9.17) is 9.05 Å². The smallest absolute Gasteiger partial charge is 0.387 e. The van der Waals surface area contributed by atoms with E-state index in [1.54, 1.807) is 6.08 Å². The van der Waals surface area contributed by atoms with Gasteiger partial charge in [-0.25, -0.2) is 4.57 Å². The molecule has 0 aromatic heterocycles. The number of phosphoric ester groups is 1. The van der Waals surface area contributed by atoms with Gasteiger partial charge < -0.3 is 19.8 Å². The SMILES string of the molecule is CCCC/C=C\CCCCCCCC(=O)NC(COP(=O)(O)OCC[N+](C)(C)C)C(O)/C=C/CCCCCCC. The number of phosphoric acid groups is 1. The number of hydrogen-bond acceptors (Lipinski definition) is 5. The van der Waals surface area contributed by atoms with Crippen molar-refractivity contribution in [3.05, 3.63) is 24.3 Å². The van der Waals surface area contributed by atoms with E-state index in [1.165, 1.54) is 44.9 Å². The summed E-state index contributed by atoms with van der Waals surface area (Å²) in [6.45, 7) is 4.66. The lowest BCUT2D eigenvalue weighted by atomic mass is 10.1. The molecule has 0 fully saturated rings. The van der Waals surface area contributed by atoms with Crippen molar-refractivity contribution in [3.63, 3.8) is 0 Å². The number of unbranched alkanes of at least 4 members (excludes halogenated alkanes) is 12. The fourth-order valence-corrected chi connectivity index (χ4v) is 4.75. The van der Waals surface area contributed by atoms with Crippen molar-refractivity contribution in [2.45, 2.75) is 129 Å². The zero-order valence-corrected chi connectivity index (χ0v) is 27.2. The molecular formula is C31H62N2O6P+. The van der Waals surface area contributed by atoms with Crippen LogP contribution in [-0.2, 0) is 18.4 Å². The molecule has 236 valence electrons. The van der Waals surface area contributed by atoms with Crippen molar-refractivity contribution in [1.82, 2.24) is 5.32 Å². The van der Waals surface area contributed by atoms with Crippen LogP contribution in [0.25, 0.3) is 0 Å². The lowest BCUT2D eigenvalue weighted by Crippen LogP contribution is -2.45. The number of rotatable bonds is 27. The van der Waals surface area contributed by atoms with Crippen LogP contribution in [0.5, 0.6) is 0 Å². The number of amides is 1. The molecule has 3 atom stereocenters. The first-order valence-corrected chi connectivity index (χ1v) is 17.2. The molecule has 0 aliphatic heterocycles. The Labute approximate surface area is 245 Å². The Hall–Kier alpha value is -1.02. The Balaban J connectivity index is 4.64. The number of quaternary nitrogens is 1. The minimum Gasteiger partial charge on any atom is -0.387 e. The normalized spacial score (nSPS) is 15.5. The zero-order chi connectivity index (χ0) is 30.1. The van der Waals surface area contributed by atoms with Crippen molar-refractivity contribution >= 4 is 13.7 Å². The summed E-state index contributed by atoms with van der Waals surface area (Å²) in [6, 6.07) is -0.842. The summed E-state index contributed by atoms with van der Waals surface area (Å²) >= 11 is 0. The molecule has 40 heavy (non-hydrogen) atoms. The fraction of sp³-hybridized carbons (Fsp3) is 0.839. The topological polar surface area (TPSA) is 105 Å². The molecule has 0 heterocycles. The highest BCUT2D eigenvalue weighted by Crippen LogP contribution is 2.43. The highest BCUT2D eigenvalue weighted by Gasteiger charge is 2.27. The summed E-state index contributed by atoms with van der Waals surface area (Å²) in [5, 5.41) is 13.5. The maximum atomic E-state index is 12.6. The molecular weight excluding hydrogens is 527 g/mol. The van der Waals surface area contributed by atoms with Gasteiger partial charge in [0.15, 0.2) is 0 Å². The molecule has 3 unspecified atom stereocenters. The maximum absolute atomic E-state index is 12.6. The number of likely N-dealkylation sites (N-methyl/N-ethyl adjacent to an activating group) is 1. The van der Waals surface area contributed by atoms with Gasteiger partial charge >= 0.3 is 7.82 Å². The van der Waals surface area contributed by atoms with Crippen molar-refractivity contribution in [2.75, 3.05) is 40.9 Å². The largest absolute Gasteiger partial charge is 0.472 e. The van der Waals surface area contributed by atoms with Crippen molar-refractivity contribution in [3.8, 4) is 0 Å². The third-order valence-corrected chi connectivity index (χ3v) is 7.65. The van der Waals surface area contributed by atoms with Crippen molar-refractivity contribution < 1.29 is 32.9 Å². The number of carbonyl (C=O) groups is 1. The molecule has 0 aromatic carbocycles. The van der Waals surface area contributed by atoms with E-state index in [0.29, 0.717) is 17.4 Å². The van der Waals surface area contributed by atoms with Gasteiger partial charge in [-0.2, -0.15) is 0 Å². The van der Waals surface area contributed by atoms with Crippen LogP contribution in [0.15, 0.2) is 24.3 Å². The Morgan fingerprint density at radius 2 is 1.38 bits per heavy atom. The number of nitrogens with zero attached hydrogens (tertiary/aromatic N) is 1. The number of carbonyl (C=O) groups excluding carboxylic acids is 1. The van der Waals surface area contributed by atoms with Gasteiger partial charge in [0.25, 0.3) is 0 Å². The van der Waals surface area contributed by atoms with Crippen molar-refractivity contribution in [2.24, 2.45) is 0 Å². The molecule has 3 N–H and O–H groups in total. The first kappa shape index (κ1) is 39.0. The van der Waals surface area contributed by atoms with Crippen LogP contribution in [0.4, 0.5) is 0 Å². The van der Waals surface area contributed by atoms with Gasteiger partial charge in [-0.3, -0.25) is 13.8 Å². The summed E-state index contributed by atoms with van der Waals surface area (Å²) in [7, 11) is 1.56. The van der Waals surface area contributed by atoms with Crippen LogP contribution in [0.3, 0.4) is 0 Å². The zero-order valence-electron chi connectivity index (χ0n) is 26.3. The molecule has 1 amide bonds. The Kier molecular flexibility index (Phi) is 23.9. The van der Waals surface area contributed by atoms with E-state index in [0.717, 1.165) is 51.4 Å². The highest BCUT2D eigenvalue weighted by molar-refractivity contribution is 7.47. The quantitative estimate of drug-likeness (QED) is 0.0410. The fourth-order valence-electron chi connectivity index (χ4n) is 4.02. The monoisotopic (exact) mass is 589 g/mol. The standard InChI is InChI=1S/C31H61N2O6P/c1-6-8-10-12-14-15-16-17-19-21-23-25-31(35)32-29(30(34)24-22-20-18-13-11-9-7-2)28-39-40(36,37)38-27-26-33(3,4)5/h12,14,22,24,29-30,34H,6-11,13,15-21,23,25-28H2,1-5H3,(H-,32,35,36,37)/p+1/b14-12-,24-22+. The molecule has 0 aromatic rings. The molecule has 0 aliphatic rings. The maximum Gasteiger partial charge on any atom is 0.472 e. The first-order chi connectivity index (χ1) is 19.0. The molecule has 9 heteroatoms. The van der Waals surface area contributed by atoms with E-state index in [9.17, 15) is 19.4 Å². The minimum atomic E-state index is -4.31. The van der Waals surface area contributed by atoms with Gasteiger partial charge in [-0.05, 0) is 38.5 Å². The lowest BCUT2D eigenvalue weighted by molar-refractivity contribution is -0.870. The van der Waals surface area contributed by atoms with Crippen LogP contribution < -0.4 is 5.32 Å². The molecule has 0 rings (SSSR count). The summed E-state index contributed by atoms with van der Waals surface area (Å²) in [6.07, 6.45) is 24.0. The molecule has 0 aliphatic carbocycles. The Morgan fingerprint density at radius 3 is 2.00 bits per heavy atom. The van der Waals surface area contributed by atoms with E-state index >= 15 is 0 Å². The predicted octanol–water partition coefficient (Wildman–Crippen LogP) is 7.07. The van der Waals surface area contributed by atoms with Crippen LogP contribution in [0.2, 0.25) is 0 Å². The Bertz CT molecular complexity index is 723. The summed E-state index contributed by atoms with van der Waals surface area (Å²) in [5.41, 5.74) is 0. The van der Waals surface area contributed by atoms with Gasteiger partial charge in [-0.15, -0.1) is 0 Å². The second kappa shape index (κ2) is 24.6. The molecule has 0 spiro atoms. The van der Waals surface area contributed by atoms with Crippen LogP contribution >= 0.6 is 7.82 Å². The molecule has 0 saturated heterocycles. The number of aliphatic hydroxyl groups is 1. The van der Waals surface area contributed by atoms with Crippen molar-refractivity contribution in [1.29, 1.82) is 0 Å². The third kappa shape index (κ3) is 25.9. The van der Waals surface area contributed by atoms with Crippen LogP contribution in [-0.4, -0.2) is 73.4 Å².